The van der Waals surface area contributed by atoms with Crippen LogP contribution < -0.4 is 10.6 Å². The summed E-state index contributed by atoms with van der Waals surface area (Å²) in [7, 11) is 4.10. The number of rotatable bonds is 8. The fraction of sp³-hybridized carbons (Fsp3) is 0.696. The normalized spacial score (nSPS) is 22.6. The summed E-state index contributed by atoms with van der Waals surface area (Å²) in [5.74, 6) is 0.937. The van der Waals surface area contributed by atoms with Crippen molar-refractivity contribution in [1.29, 1.82) is 0 Å². The molecule has 0 aromatic heterocycles. The zero-order valence-corrected chi connectivity index (χ0v) is 18.4. The highest BCUT2D eigenvalue weighted by molar-refractivity contribution is 5.79. The second-order valence-corrected chi connectivity index (χ2v) is 8.48. The van der Waals surface area contributed by atoms with Crippen LogP contribution in [0.25, 0.3) is 0 Å². The molecule has 0 amide bonds. The maximum atomic E-state index is 4.42. The van der Waals surface area contributed by atoms with E-state index in [4.69, 9.17) is 0 Å². The maximum Gasteiger partial charge on any atom is 0.191 e. The highest BCUT2D eigenvalue weighted by Crippen LogP contribution is 2.19. The molecule has 6 heteroatoms. The summed E-state index contributed by atoms with van der Waals surface area (Å²) in [5, 5.41) is 7.06. The van der Waals surface area contributed by atoms with E-state index in [0.29, 0.717) is 6.04 Å². The van der Waals surface area contributed by atoms with Crippen molar-refractivity contribution in [2.75, 3.05) is 66.5 Å². The molecule has 1 atom stereocenters. The second kappa shape index (κ2) is 12.2. The van der Waals surface area contributed by atoms with E-state index in [1.54, 1.807) is 0 Å². The quantitative estimate of drug-likeness (QED) is 0.396. The lowest BCUT2D eigenvalue weighted by atomic mass is 10.2. The van der Waals surface area contributed by atoms with E-state index in [1.807, 2.05) is 7.05 Å². The van der Waals surface area contributed by atoms with Crippen molar-refractivity contribution in [3.63, 3.8) is 0 Å². The van der Waals surface area contributed by atoms with Gasteiger partial charge in [0.25, 0.3) is 0 Å². The van der Waals surface area contributed by atoms with Crippen LogP contribution in [-0.4, -0.2) is 93.2 Å². The maximum absolute atomic E-state index is 4.42. The number of hydrogen-bond donors (Lipinski definition) is 2. The van der Waals surface area contributed by atoms with Gasteiger partial charge in [0.1, 0.15) is 0 Å². The minimum Gasteiger partial charge on any atom is -0.356 e. The number of aliphatic imine (C=N–C) groups is 1. The summed E-state index contributed by atoms with van der Waals surface area (Å²) in [5.41, 5.74) is 1.40. The Kier molecular flexibility index (Phi) is 9.25. The highest BCUT2D eigenvalue weighted by atomic mass is 15.2. The standard InChI is InChI=1S/C23H40N6/c1-24-23(25-12-7-14-28-15-8-13-27(2)17-18-28)26-19-22-11-6-16-29(22)20-21-9-4-3-5-10-21/h3-5,9-10,22H,6-8,11-20H2,1-2H3,(H2,24,25,26). The molecule has 0 saturated carbocycles. The SMILES string of the molecule is CN=C(NCCCN1CCCN(C)CC1)NCC1CCCN1Cc1ccccc1. The minimum atomic E-state index is 0.586. The van der Waals surface area contributed by atoms with Crippen molar-refractivity contribution >= 4 is 5.96 Å². The van der Waals surface area contributed by atoms with Crippen LogP contribution in [-0.2, 0) is 6.54 Å². The summed E-state index contributed by atoms with van der Waals surface area (Å²) >= 11 is 0. The van der Waals surface area contributed by atoms with Crippen molar-refractivity contribution in [2.24, 2.45) is 4.99 Å². The second-order valence-electron chi connectivity index (χ2n) is 8.48. The summed E-state index contributed by atoms with van der Waals surface area (Å²) < 4.78 is 0. The first-order chi connectivity index (χ1) is 14.2. The van der Waals surface area contributed by atoms with E-state index in [0.717, 1.165) is 32.0 Å². The van der Waals surface area contributed by atoms with E-state index in [-0.39, 0.29) is 0 Å². The lowest BCUT2D eigenvalue weighted by Gasteiger charge is -2.25. The molecule has 162 valence electrons. The van der Waals surface area contributed by atoms with E-state index in [9.17, 15) is 0 Å². The summed E-state index contributed by atoms with van der Waals surface area (Å²) in [6, 6.07) is 11.4. The predicted octanol–water partition coefficient (Wildman–Crippen LogP) is 1.84. The number of nitrogens with one attached hydrogen (secondary N) is 2. The van der Waals surface area contributed by atoms with Gasteiger partial charge in [-0.3, -0.25) is 9.89 Å². The Hall–Kier alpha value is -1.63. The lowest BCUT2D eigenvalue weighted by molar-refractivity contribution is 0.245. The molecule has 2 N–H and O–H groups in total. The van der Waals surface area contributed by atoms with Gasteiger partial charge < -0.3 is 20.4 Å². The Bertz CT molecular complexity index is 605. The summed E-state index contributed by atoms with van der Waals surface area (Å²) in [6.45, 7) is 10.2. The first-order valence-corrected chi connectivity index (χ1v) is 11.4. The zero-order valence-electron chi connectivity index (χ0n) is 18.4. The van der Waals surface area contributed by atoms with Gasteiger partial charge in [-0.25, -0.2) is 0 Å². The van der Waals surface area contributed by atoms with E-state index >= 15 is 0 Å². The number of hydrogen-bond acceptors (Lipinski definition) is 4. The predicted molar refractivity (Wildman–Crippen MR) is 122 cm³/mol. The molecule has 29 heavy (non-hydrogen) atoms. The molecule has 1 aromatic rings. The van der Waals surface area contributed by atoms with Gasteiger partial charge in [-0.2, -0.15) is 0 Å². The van der Waals surface area contributed by atoms with E-state index < -0.39 is 0 Å². The third-order valence-electron chi connectivity index (χ3n) is 6.21. The fourth-order valence-electron chi connectivity index (χ4n) is 4.42. The van der Waals surface area contributed by atoms with Crippen LogP contribution in [0.5, 0.6) is 0 Å². The Balaban J connectivity index is 1.33. The van der Waals surface area contributed by atoms with E-state index in [2.05, 4.69) is 67.7 Å². The number of guanidine groups is 1. The molecule has 0 bridgehead atoms. The summed E-state index contributed by atoms with van der Waals surface area (Å²) in [6.07, 6.45) is 5.00. The minimum absolute atomic E-state index is 0.586. The Morgan fingerprint density at radius 1 is 1.03 bits per heavy atom. The third kappa shape index (κ3) is 7.61. The average molecular weight is 401 g/mol. The molecule has 3 rings (SSSR count). The molecule has 0 aliphatic carbocycles. The molecule has 2 fully saturated rings. The first-order valence-electron chi connectivity index (χ1n) is 11.4. The van der Waals surface area contributed by atoms with Gasteiger partial charge in [0.05, 0.1) is 0 Å². The molecule has 1 unspecified atom stereocenters. The van der Waals surface area contributed by atoms with Gasteiger partial charge >= 0.3 is 0 Å². The average Bonchev–Trinajstić information content (AvgIpc) is 3.07. The van der Waals surface area contributed by atoms with Gasteiger partial charge in [0.2, 0.25) is 0 Å². The van der Waals surface area contributed by atoms with Crippen LogP contribution >= 0.6 is 0 Å². The summed E-state index contributed by atoms with van der Waals surface area (Å²) in [4.78, 5) is 12.1. The number of likely N-dealkylation sites (tertiary alicyclic amines) is 1. The molecule has 2 aliphatic heterocycles. The molecule has 2 saturated heterocycles. The highest BCUT2D eigenvalue weighted by Gasteiger charge is 2.24. The Morgan fingerprint density at radius 2 is 1.90 bits per heavy atom. The third-order valence-corrected chi connectivity index (χ3v) is 6.21. The molecule has 0 radical (unpaired) electrons. The Labute approximate surface area is 177 Å². The molecule has 6 nitrogen and oxygen atoms in total. The molecule has 1 aromatic carbocycles. The van der Waals surface area contributed by atoms with Gasteiger partial charge in [0, 0.05) is 45.8 Å². The van der Waals surface area contributed by atoms with Crippen LogP contribution in [0.4, 0.5) is 0 Å². The smallest absolute Gasteiger partial charge is 0.191 e. The van der Waals surface area contributed by atoms with Crippen LogP contribution in [0.15, 0.2) is 35.3 Å². The first kappa shape index (κ1) is 22.1. The Morgan fingerprint density at radius 3 is 2.72 bits per heavy atom. The molecule has 2 aliphatic rings. The van der Waals surface area contributed by atoms with Crippen molar-refractivity contribution in [3.05, 3.63) is 35.9 Å². The van der Waals surface area contributed by atoms with Gasteiger partial charge in [-0.05, 0) is 64.5 Å². The van der Waals surface area contributed by atoms with Crippen LogP contribution in [0.2, 0.25) is 0 Å². The van der Waals surface area contributed by atoms with Crippen molar-refractivity contribution in [1.82, 2.24) is 25.3 Å². The number of nitrogens with zero attached hydrogens (tertiary/aromatic N) is 4. The molecular weight excluding hydrogens is 360 g/mol. The van der Waals surface area contributed by atoms with Crippen molar-refractivity contribution < 1.29 is 0 Å². The topological polar surface area (TPSA) is 46.1 Å². The molecular formula is C23H40N6. The van der Waals surface area contributed by atoms with Crippen molar-refractivity contribution in [2.45, 2.75) is 38.3 Å². The largest absolute Gasteiger partial charge is 0.356 e. The number of likely N-dealkylation sites (N-methyl/N-ethyl adjacent to an activating group) is 1. The van der Waals surface area contributed by atoms with Gasteiger partial charge in [-0.1, -0.05) is 30.3 Å². The van der Waals surface area contributed by atoms with Gasteiger partial charge in [-0.15, -0.1) is 0 Å². The lowest BCUT2D eigenvalue weighted by Crippen LogP contribution is -2.45. The van der Waals surface area contributed by atoms with Gasteiger partial charge in [0.15, 0.2) is 5.96 Å². The molecule has 0 spiro atoms. The number of benzene rings is 1. The van der Waals surface area contributed by atoms with Crippen LogP contribution in [0.3, 0.4) is 0 Å². The molecule has 2 heterocycles. The van der Waals surface area contributed by atoms with Crippen molar-refractivity contribution in [3.8, 4) is 0 Å². The fourth-order valence-corrected chi connectivity index (χ4v) is 4.42. The monoisotopic (exact) mass is 400 g/mol. The van der Waals surface area contributed by atoms with Crippen LogP contribution in [0, 0.1) is 0 Å². The van der Waals surface area contributed by atoms with Crippen LogP contribution in [0.1, 0.15) is 31.2 Å². The van der Waals surface area contributed by atoms with E-state index in [1.165, 1.54) is 64.1 Å². The zero-order chi connectivity index (χ0) is 20.3.